The molecule has 0 spiro atoms. The molecular formula is C26H26N4O3. The molecule has 1 N–H and O–H groups in total. The van der Waals surface area contributed by atoms with E-state index in [2.05, 4.69) is 15.5 Å². The zero-order valence-corrected chi connectivity index (χ0v) is 19.0. The molecule has 0 aliphatic carbocycles. The first-order valence-corrected chi connectivity index (χ1v) is 10.8. The van der Waals surface area contributed by atoms with Crippen molar-refractivity contribution in [1.29, 1.82) is 0 Å². The normalized spacial score (nSPS) is 10.9. The lowest BCUT2D eigenvalue weighted by atomic mass is 10.1. The van der Waals surface area contributed by atoms with Gasteiger partial charge in [-0.1, -0.05) is 65.3 Å². The van der Waals surface area contributed by atoms with E-state index in [4.69, 9.17) is 4.52 Å². The van der Waals surface area contributed by atoms with Crippen molar-refractivity contribution in [1.82, 2.24) is 20.0 Å². The average molecular weight is 443 g/mol. The second kappa shape index (κ2) is 9.65. The van der Waals surface area contributed by atoms with Gasteiger partial charge in [-0.05, 0) is 44.4 Å². The molecule has 0 bridgehead atoms. The summed E-state index contributed by atoms with van der Waals surface area (Å²) in [6.07, 6.45) is 0.726. The van der Waals surface area contributed by atoms with Crippen LogP contribution in [-0.2, 0) is 17.8 Å². The number of pyridine rings is 1. The van der Waals surface area contributed by atoms with Crippen molar-refractivity contribution in [3.05, 3.63) is 93.4 Å². The number of hydrogen-bond acceptors (Lipinski definition) is 5. The molecule has 2 aromatic carbocycles. The first kappa shape index (κ1) is 22.2. The molecule has 0 aliphatic rings. The molecule has 4 rings (SSSR count). The van der Waals surface area contributed by atoms with E-state index in [1.807, 2.05) is 74.5 Å². The minimum absolute atomic E-state index is 0.0777. The van der Waals surface area contributed by atoms with E-state index in [0.717, 1.165) is 28.7 Å². The van der Waals surface area contributed by atoms with Gasteiger partial charge in [-0.15, -0.1) is 0 Å². The Kier molecular flexibility index (Phi) is 6.49. The highest BCUT2D eigenvalue weighted by Crippen LogP contribution is 2.23. The fraction of sp³-hybridized carbons (Fsp3) is 0.231. The Hall–Kier alpha value is -4.00. The van der Waals surface area contributed by atoms with Gasteiger partial charge in [-0.2, -0.15) is 4.98 Å². The molecule has 0 unspecified atom stereocenters. The van der Waals surface area contributed by atoms with Crippen molar-refractivity contribution in [3.63, 3.8) is 0 Å². The summed E-state index contributed by atoms with van der Waals surface area (Å²) >= 11 is 0. The Labute approximate surface area is 192 Å². The molecule has 7 nitrogen and oxygen atoms in total. The Balaban J connectivity index is 1.53. The van der Waals surface area contributed by atoms with Gasteiger partial charge >= 0.3 is 0 Å². The van der Waals surface area contributed by atoms with Gasteiger partial charge in [0.05, 0.1) is 0 Å². The number of carbonyl (C=O) groups is 1. The molecule has 168 valence electrons. The smallest absolute Gasteiger partial charge is 0.264 e. The van der Waals surface area contributed by atoms with Gasteiger partial charge in [0.2, 0.25) is 11.7 Å². The Morgan fingerprint density at radius 1 is 1.03 bits per heavy atom. The number of aromatic nitrogens is 3. The summed E-state index contributed by atoms with van der Waals surface area (Å²) in [7, 11) is 0. The second-order valence-electron chi connectivity index (χ2n) is 8.11. The Morgan fingerprint density at radius 3 is 2.48 bits per heavy atom. The van der Waals surface area contributed by atoms with Crippen molar-refractivity contribution >= 4 is 5.91 Å². The molecule has 0 fully saturated rings. The van der Waals surface area contributed by atoms with E-state index < -0.39 is 0 Å². The molecule has 0 saturated carbocycles. The van der Waals surface area contributed by atoms with Gasteiger partial charge in [-0.25, -0.2) is 0 Å². The van der Waals surface area contributed by atoms with E-state index in [1.165, 1.54) is 4.57 Å². The minimum Gasteiger partial charge on any atom is -0.354 e. The maximum atomic E-state index is 13.3. The molecule has 0 aliphatic heterocycles. The summed E-state index contributed by atoms with van der Waals surface area (Å²) in [4.78, 5) is 30.3. The van der Waals surface area contributed by atoms with Crippen LogP contribution in [0.2, 0.25) is 0 Å². The Bertz CT molecular complexity index is 1320. The van der Waals surface area contributed by atoms with Crippen molar-refractivity contribution in [2.75, 3.05) is 6.54 Å². The number of nitrogens with zero attached hydrogens (tertiary/aromatic N) is 3. The predicted molar refractivity (Wildman–Crippen MR) is 127 cm³/mol. The summed E-state index contributed by atoms with van der Waals surface area (Å²) in [5.74, 6) is 0.331. The number of carbonyl (C=O) groups excluding carboxylic acids is 1. The maximum absolute atomic E-state index is 13.3. The van der Waals surface area contributed by atoms with Crippen LogP contribution in [0.3, 0.4) is 0 Å². The number of rotatable bonds is 7. The second-order valence-corrected chi connectivity index (χ2v) is 8.11. The zero-order chi connectivity index (χ0) is 23.4. The van der Waals surface area contributed by atoms with Gasteiger partial charge in [0.15, 0.2) is 0 Å². The summed E-state index contributed by atoms with van der Waals surface area (Å²) in [5, 5.41) is 6.93. The highest BCUT2D eigenvalue weighted by atomic mass is 16.5. The SMILES string of the molecule is Cc1ccc(-c2noc(-c3c(C)cc(C)n(CC(=O)NCCc4ccccc4)c3=O)n2)cc1. The van der Waals surface area contributed by atoms with E-state index in [0.29, 0.717) is 23.6 Å². The fourth-order valence-corrected chi connectivity index (χ4v) is 3.72. The van der Waals surface area contributed by atoms with Crippen LogP contribution in [0.15, 0.2) is 70.0 Å². The quantitative estimate of drug-likeness (QED) is 0.470. The van der Waals surface area contributed by atoms with Gasteiger partial charge in [0, 0.05) is 17.8 Å². The fourth-order valence-electron chi connectivity index (χ4n) is 3.72. The lowest BCUT2D eigenvalue weighted by Crippen LogP contribution is -2.35. The molecular weight excluding hydrogens is 416 g/mol. The molecule has 4 aromatic rings. The van der Waals surface area contributed by atoms with E-state index >= 15 is 0 Å². The van der Waals surface area contributed by atoms with Gasteiger partial charge in [0.1, 0.15) is 12.1 Å². The largest absolute Gasteiger partial charge is 0.354 e. The van der Waals surface area contributed by atoms with Gasteiger partial charge in [-0.3, -0.25) is 9.59 Å². The van der Waals surface area contributed by atoms with Crippen LogP contribution in [-0.4, -0.2) is 27.2 Å². The third-order valence-corrected chi connectivity index (χ3v) is 5.53. The van der Waals surface area contributed by atoms with Crippen molar-refractivity contribution in [2.24, 2.45) is 0 Å². The first-order valence-electron chi connectivity index (χ1n) is 10.8. The summed E-state index contributed by atoms with van der Waals surface area (Å²) in [6, 6.07) is 19.5. The zero-order valence-electron chi connectivity index (χ0n) is 19.0. The molecule has 0 atom stereocenters. The monoisotopic (exact) mass is 442 g/mol. The number of hydrogen-bond donors (Lipinski definition) is 1. The Morgan fingerprint density at radius 2 is 1.76 bits per heavy atom. The van der Waals surface area contributed by atoms with Crippen LogP contribution in [0.25, 0.3) is 22.8 Å². The van der Waals surface area contributed by atoms with E-state index in [-0.39, 0.29) is 23.9 Å². The van der Waals surface area contributed by atoms with Crippen LogP contribution in [0.5, 0.6) is 0 Å². The van der Waals surface area contributed by atoms with E-state index in [9.17, 15) is 9.59 Å². The van der Waals surface area contributed by atoms with Gasteiger partial charge < -0.3 is 14.4 Å². The molecule has 1 amide bonds. The summed E-state index contributed by atoms with van der Waals surface area (Å²) < 4.78 is 6.88. The van der Waals surface area contributed by atoms with Crippen molar-refractivity contribution in [2.45, 2.75) is 33.7 Å². The summed E-state index contributed by atoms with van der Waals surface area (Å²) in [6.45, 7) is 6.05. The first-order chi connectivity index (χ1) is 15.9. The van der Waals surface area contributed by atoms with Crippen molar-refractivity contribution < 1.29 is 9.32 Å². The predicted octanol–water partition coefficient (Wildman–Crippen LogP) is 3.85. The lowest BCUT2D eigenvalue weighted by Gasteiger charge is -2.13. The number of aryl methyl sites for hydroxylation is 3. The highest BCUT2D eigenvalue weighted by molar-refractivity contribution is 5.76. The highest BCUT2D eigenvalue weighted by Gasteiger charge is 2.20. The average Bonchev–Trinajstić information content (AvgIpc) is 3.27. The van der Waals surface area contributed by atoms with Gasteiger partial charge in [0.25, 0.3) is 11.4 Å². The third-order valence-electron chi connectivity index (χ3n) is 5.53. The number of amides is 1. The molecule has 0 radical (unpaired) electrons. The molecule has 2 aromatic heterocycles. The van der Waals surface area contributed by atoms with E-state index in [1.54, 1.807) is 6.92 Å². The topological polar surface area (TPSA) is 90.0 Å². The molecule has 2 heterocycles. The van der Waals surface area contributed by atoms with Crippen LogP contribution in [0.4, 0.5) is 0 Å². The standard InChI is InChI=1S/C26H26N4O3/c1-17-9-11-21(12-10-17)24-28-25(33-29-24)23-18(2)15-19(3)30(26(23)32)16-22(31)27-14-13-20-7-5-4-6-8-20/h4-12,15H,13-14,16H2,1-3H3,(H,27,31). The van der Waals surface area contributed by atoms with Crippen LogP contribution < -0.4 is 10.9 Å². The lowest BCUT2D eigenvalue weighted by molar-refractivity contribution is -0.121. The summed E-state index contributed by atoms with van der Waals surface area (Å²) in [5.41, 5.74) is 4.47. The number of nitrogens with one attached hydrogen (secondary N) is 1. The van der Waals surface area contributed by atoms with Crippen LogP contribution >= 0.6 is 0 Å². The number of benzene rings is 2. The molecule has 0 saturated heterocycles. The van der Waals surface area contributed by atoms with Crippen LogP contribution in [0, 0.1) is 20.8 Å². The third kappa shape index (κ3) is 5.09. The molecule has 7 heteroatoms. The van der Waals surface area contributed by atoms with Crippen LogP contribution in [0.1, 0.15) is 22.4 Å². The maximum Gasteiger partial charge on any atom is 0.264 e. The molecule has 33 heavy (non-hydrogen) atoms. The minimum atomic E-state index is -0.329. The van der Waals surface area contributed by atoms with Crippen molar-refractivity contribution in [3.8, 4) is 22.8 Å².